The number of hydrogen-bond donors (Lipinski definition) is 4. The van der Waals surface area contributed by atoms with Crippen LogP contribution in [0.4, 0.5) is 5.69 Å². The van der Waals surface area contributed by atoms with E-state index in [0.29, 0.717) is 17.2 Å². The van der Waals surface area contributed by atoms with Crippen molar-refractivity contribution in [3.05, 3.63) is 35.9 Å². The summed E-state index contributed by atoms with van der Waals surface area (Å²) in [5.41, 5.74) is 0.149. The molecule has 0 unspecified atom stereocenters. The summed E-state index contributed by atoms with van der Waals surface area (Å²) in [6, 6.07) is 6.54. The molecular weight excluding hydrogens is 346 g/mol. The Bertz CT molecular complexity index is 788. The lowest BCUT2D eigenvalue weighted by atomic mass is 10.2. The van der Waals surface area contributed by atoms with Crippen LogP contribution in [0.5, 0.6) is 28.7 Å². The van der Waals surface area contributed by atoms with E-state index in [1.807, 2.05) is 0 Å². The molecule has 0 saturated carbocycles. The summed E-state index contributed by atoms with van der Waals surface area (Å²) >= 11 is 0. The van der Waals surface area contributed by atoms with E-state index >= 15 is 0 Å². The molecule has 0 heterocycles. The highest BCUT2D eigenvalue weighted by Gasteiger charge is 2.16. The van der Waals surface area contributed by atoms with Crippen molar-refractivity contribution in [1.29, 1.82) is 0 Å². The lowest BCUT2D eigenvalue weighted by Crippen LogP contribution is -2.21. The highest BCUT2D eigenvalue weighted by molar-refractivity contribution is 5.96. The molecule has 0 bridgehead atoms. The number of anilines is 1. The smallest absolute Gasteiger partial charge is 0.338 e. The van der Waals surface area contributed by atoms with Gasteiger partial charge in [0.1, 0.15) is 11.5 Å². The van der Waals surface area contributed by atoms with E-state index < -0.39 is 35.7 Å². The Morgan fingerprint density at radius 3 is 1.96 bits per heavy atom. The first-order valence-electron chi connectivity index (χ1n) is 7.29. The lowest BCUT2D eigenvalue weighted by molar-refractivity contribution is -0.119. The molecule has 0 fully saturated rings. The third kappa shape index (κ3) is 4.47. The van der Waals surface area contributed by atoms with Crippen LogP contribution in [0.1, 0.15) is 10.4 Å². The largest absolute Gasteiger partial charge is 0.504 e. The number of carbonyl (C=O) groups excluding carboxylic acids is 2. The number of phenols is 3. The molecule has 4 N–H and O–H groups in total. The number of aromatic hydroxyl groups is 3. The Hall–Kier alpha value is -3.62. The fraction of sp³-hybridized carbons (Fsp3) is 0.176. The Labute approximate surface area is 148 Å². The first-order chi connectivity index (χ1) is 12.3. The lowest BCUT2D eigenvalue weighted by Gasteiger charge is -2.10. The van der Waals surface area contributed by atoms with E-state index in [1.165, 1.54) is 14.2 Å². The minimum atomic E-state index is -0.964. The second kappa shape index (κ2) is 7.97. The first-order valence-corrected chi connectivity index (χ1v) is 7.29. The Kier molecular flexibility index (Phi) is 5.74. The Balaban J connectivity index is 1.99. The first kappa shape index (κ1) is 18.7. The van der Waals surface area contributed by atoms with E-state index in [4.69, 9.17) is 14.2 Å². The molecule has 0 spiro atoms. The van der Waals surface area contributed by atoms with Gasteiger partial charge in [0, 0.05) is 23.9 Å². The van der Waals surface area contributed by atoms with Crippen LogP contribution in [0.25, 0.3) is 0 Å². The third-order valence-electron chi connectivity index (χ3n) is 3.27. The predicted octanol–water partition coefficient (Wildman–Crippen LogP) is 1.62. The second-order valence-corrected chi connectivity index (χ2v) is 5.09. The van der Waals surface area contributed by atoms with Gasteiger partial charge in [-0.05, 0) is 12.1 Å². The van der Waals surface area contributed by atoms with Crippen LogP contribution in [0.15, 0.2) is 30.3 Å². The maximum absolute atomic E-state index is 11.9. The molecule has 9 nitrogen and oxygen atoms in total. The Morgan fingerprint density at radius 2 is 1.46 bits per heavy atom. The van der Waals surface area contributed by atoms with Crippen LogP contribution in [-0.2, 0) is 9.53 Å². The Morgan fingerprint density at radius 1 is 0.923 bits per heavy atom. The number of carbonyl (C=O) groups is 2. The molecule has 0 aromatic heterocycles. The zero-order valence-corrected chi connectivity index (χ0v) is 14.0. The number of hydrogen-bond acceptors (Lipinski definition) is 8. The van der Waals surface area contributed by atoms with Crippen molar-refractivity contribution in [3.63, 3.8) is 0 Å². The average Bonchev–Trinajstić information content (AvgIpc) is 2.63. The summed E-state index contributed by atoms with van der Waals surface area (Å²) in [5, 5.41) is 30.5. The zero-order valence-electron chi connectivity index (χ0n) is 14.0. The van der Waals surface area contributed by atoms with Crippen molar-refractivity contribution >= 4 is 17.6 Å². The zero-order chi connectivity index (χ0) is 19.3. The molecule has 0 saturated heterocycles. The van der Waals surface area contributed by atoms with Gasteiger partial charge in [-0.25, -0.2) is 4.79 Å². The van der Waals surface area contributed by atoms with Gasteiger partial charge >= 0.3 is 5.97 Å². The van der Waals surface area contributed by atoms with Crippen molar-refractivity contribution in [2.24, 2.45) is 0 Å². The van der Waals surface area contributed by atoms with Crippen LogP contribution in [0.3, 0.4) is 0 Å². The molecule has 26 heavy (non-hydrogen) atoms. The molecule has 1 amide bonds. The maximum Gasteiger partial charge on any atom is 0.338 e. The molecule has 0 aliphatic rings. The predicted molar refractivity (Wildman–Crippen MR) is 89.9 cm³/mol. The van der Waals surface area contributed by atoms with E-state index in [1.54, 1.807) is 18.2 Å². The van der Waals surface area contributed by atoms with Gasteiger partial charge in [0.15, 0.2) is 23.9 Å². The standard InChI is InChI=1S/C17H17NO8/c1-24-11-5-10(6-12(7-11)25-2)18-15(21)8-26-17(23)9-3-13(19)16(22)14(20)4-9/h3-7,19-20,22H,8H2,1-2H3,(H,18,21). The summed E-state index contributed by atoms with van der Waals surface area (Å²) in [4.78, 5) is 23.8. The maximum atomic E-state index is 11.9. The summed E-state index contributed by atoms with van der Waals surface area (Å²) < 4.78 is 15.0. The molecule has 2 rings (SSSR count). The van der Waals surface area contributed by atoms with Crippen LogP contribution in [0.2, 0.25) is 0 Å². The van der Waals surface area contributed by atoms with E-state index in [-0.39, 0.29) is 5.56 Å². The number of benzene rings is 2. The molecule has 2 aromatic rings. The quantitative estimate of drug-likeness (QED) is 0.449. The van der Waals surface area contributed by atoms with Crippen LogP contribution in [-0.4, -0.2) is 48.0 Å². The van der Waals surface area contributed by atoms with Gasteiger partial charge in [0.2, 0.25) is 0 Å². The van der Waals surface area contributed by atoms with Crippen LogP contribution >= 0.6 is 0 Å². The van der Waals surface area contributed by atoms with E-state index in [2.05, 4.69) is 5.32 Å². The number of phenolic OH excluding ortho intramolecular Hbond substituents is 3. The minimum Gasteiger partial charge on any atom is -0.504 e. The normalized spacial score (nSPS) is 10.1. The monoisotopic (exact) mass is 363 g/mol. The molecule has 0 radical (unpaired) electrons. The molecule has 138 valence electrons. The van der Waals surface area contributed by atoms with Crippen molar-refractivity contribution in [1.82, 2.24) is 0 Å². The highest BCUT2D eigenvalue weighted by Crippen LogP contribution is 2.35. The molecule has 0 aliphatic carbocycles. The minimum absolute atomic E-state index is 0.228. The number of rotatable bonds is 6. The van der Waals surface area contributed by atoms with Gasteiger partial charge in [-0.2, -0.15) is 0 Å². The topological polar surface area (TPSA) is 135 Å². The van der Waals surface area contributed by atoms with Gasteiger partial charge < -0.3 is 34.8 Å². The number of ether oxygens (including phenoxy) is 3. The summed E-state index contributed by atoms with van der Waals surface area (Å²) in [6.45, 7) is -0.610. The number of nitrogens with one attached hydrogen (secondary N) is 1. The van der Waals surface area contributed by atoms with Crippen LogP contribution in [0, 0.1) is 0 Å². The van der Waals surface area contributed by atoms with Gasteiger partial charge in [-0.1, -0.05) is 0 Å². The third-order valence-corrected chi connectivity index (χ3v) is 3.27. The summed E-state index contributed by atoms with van der Waals surface area (Å²) in [5.74, 6) is -2.80. The molecule has 0 aliphatic heterocycles. The fourth-order valence-corrected chi connectivity index (χ4v) is 2.01. The fourth-order valence-electron chi connectivity index (χ4n) is 2.01. The van der Waals surface area contributed by atoms with E-state index in [9.17, 15) is 24.9 Å². The summed E-state index contributed by atoms with van der Waals surface area (Å²) in [7, 11) is 2.93. The van der Waals surface area contributed by atoms with Crippen LogP contribution < -0.4 is 14.8 Å². The molecular formula is C17H17NO8. The average molecular weight is 363 g/mol. The van der Waals surface area contributed by atoms with Gasteiger partial charge in [-0.15, -0.1) is 0 Å². The second-order valence-electron chi connectivity index (χ2n) is 5.09. The van der Waals surface area contributed by atoms with E-state index in [0.717, 1.165) is 12.1 Å². The van der Waals surface area contributed by atoms with Gasteiger partial charge in [0.05, 0.1) is 19.8 Å². The van der Waals surface area contributed by atoms with Crippen molar-refractivity contribution in [2.45, 2.75) is 0 Å². The number of amides is 1. The van der Waals surface area contributed by atoms with Crippen molar-refractivity contribution in [2.75, 3.05) is 26.1 Å². The SMILES string of the molecule is COc1cc(NC(=O)COC(=O)c2cc(O)c(O)c(O)c2)cc(OC)c1. The molecule has 0 atom stereocenters. The van der Waals surface area contributed by atoms with Gasteiger partial charge in [0.25, 0.3) is 5.91 Å². The summed E-state index contributed by atoms with van der Waals surface area (Å²) in [6.07, 6.45) is 0. The molecule has 2 aromatic carbocycles. The molecule has 9 heteroatoms. The van der Waals surface area contributed by atoms with Gasteiger partial charge in [-0.3, -0.25) is 4.79 Å². The van der Waals surface area contributed by atoms with Crippen molar-refractivity contribution in [3.8, 4) is 28.7 Å². The van der Waals surface area contributed by atoms with Crippen molar-refractivity contribution < 1.29 is 39.1 Å². The number of methoxy groups -OCH3 is 2. The highest BCUT2D eigenvalue weighted by atomic mass is 16.5. The number of esters is 1.